The van der Waals surface area contributed by atoms with Crippen molar-refractivity contribution in [2.45, 2.75) is 0 Å². The van der Waals surface area contributed by atoms with Crippen LogP contribution in [0.3, 0.4) is 0 Å². The molecular formula is C52H33NS2. The molecule has 9 aromatic carbocycles. The standard InChI is InChI=1S/C52H33NS2/c1-2-12-34(13-3-1)35-24-29-38(30-25-35)53(39-31-26-36(27-32-39)40-18-11-20-44-42-16-5-8-22-47(42)55-52(40)44)46-21-7-4-15-41(46)43-19-10-14-37-28-33-49-51(50(37)43)45-17-6-9-23-48(45)54-49/h1-33H. The maximum atomic E-state index is 2.43. The highest BCUT2D eigenvalue weighted by molar-refractivity contribution is 7.26. The molecule has 0 aliphatic carbocycles. The van der Waals surface area contributed by atoms with Gasteiger partial charge < -0.3 is 4.90 Å². The fourth-order valence-corrected chi connectivity index (χ4v) is 10.7. The van der Waals surface area contributed by atoms with Crippen LogP contribution in [-0.4, -0.2) is 0 Å². The van der Waals surface area contributed by atoms with E-state index in [4.69, 9.17) is 0 Å². The van der Waals surface area contributed by atoms with Crippen LogP contribution in [0.2, 0.25) is 0 Å². The fraction of sp³-hybridized carbons (Fsp3) is 0. The highest BCUT2D eigenvalue weighted by Gasteiger charge is 2.21. The molecule has 11 rings (SSSR count). The first kappa shape index (κ1) is 32.0. The number of benzene rings is 9. The van der Waals surface area contributed by atoms with Crippen LogP contribution in [-0.2, 0) is 0 Å². The van der Waals surface area contributed by atoms with Crippen molar-refractivity contribution in [3.63, 3.8) is 0 Å². The molecule has 2 aromatic heterocycles. The highest BCUT2D eigenvalue weighted by Crippen LogP contribution is 2.47. The van der Waals surface area contributed by atoms with Crippen molar-refractivity contribution < 1.29 is 0 Å². The van der Waals surface area contributed by atoms with Gasteiger partial charge in [0.1, 0.15) is 0 Å². The number of thiophene rings is 2. The van der Waals surface area contributed by atoms with E-state index < -0.39 is 0 Å². The van der Waals surface area contributed by atoms with Gasteiger partial charge in [0.2, 0.25) is 0 Å². The van der Waals surface area contributed by atoms with Crippen molar-refractivity contribution in [1.29, 1.82) is 0 Å². The third-order valence-corrected chi connectivity index (χ3v) is 13.2. The topological polar surface area (TPSA) is 3.24 Å². The lowest BCUT2D eigenvalue weighted by molar-refractivity contribution is 1.28. The van der Waals surface area contributed by atoms with Gasteiger partial charge in [0.25, 0.3) is 0 Å². The number of anilines is 3. The van der Waals surface area contributed by atoms with E-state index >= 15 is 0 Å². The minimum Gasteiger partial charge on any atom is -0.310 e. The Labute approximate surface area is 327 Å². The Hall–Kier alpha value is -6.52. The van der Waals surface area contributed by atoms with Gasteiger partial charge in [0, 0.05) is 57.3 Å². The summed E-state index contributed by atoms with van der Waals surface area (Å²) in [7, 11) is 0. The zero-order valence-electron chi connectivity index (χ0n) is 29.8. The summed E-state index contributed by atoms with van der Waals surface area (Å²) >= 11 is 3.75. The van der Waals surface area contributed by atoms with Crippen LogP contribution in [0.4, 0.5) is 17.1 Å². The van der Waals surface area contributed by atoms with Crippen LogP contribution < -0.4 is 4.90 Å². The van der Waals surface area contributed by atoms with E-state index in [-0.39, 0.29) is 0 Å². The second kappa shape index (κ2) is 13.1. The summed E-state index contributed by atoms with van der Waals surface area (Å²) in [5, 5.41) is 7.85. The predicted octanol–water partition coefficient (Wildman–Crippen LogP) is 16.0. The Bertz CT molecular complexity index is 3190. The SMILES string of the molecule is c1ccc(-c2ccc(N(c3ccc(-c4cccc5c4sc4ccccc45)cc3)c3ccccc3-c3cccc4ccc5sc6ccccc6c5c34)cc2)cc1. The zero-order chi connectivity index (χ0) is 36.3. The predicted molar refractivity (Wildman–Crippen MR) is 241 cm³/mol. The minimum absolute atomic E-state index is 1.11. The first-order valence-electron chi connectivity index (χ1n) is 18.7. The molecule has 0 aliphatic heterocycles. The molecule has 0 unspecified atom stereocenters. The summed E-state index contributed by atoms with van der Waals surface area (Å²) in [4.78, 5) is 2.43. The Morgan fingerprint density at radius 2 is 0.891 bits per heavy atom. The number of fused-ring (bicyclic) bond motifs is 8. The van der Waals surface area contributed by atoms with Gasteiger partial charge in [-0.1, -0.05) is 152 Å². The van der Waals surface area contributed by atoms with Crippen LogP contribution in [0.15, 0.2) is 200 Å². The Kier molecular flexibility index (Phi) is 7.61. The smallest absolute Gasteiger partial charge is 0.0540 e. The number of hydrogen-bond donors (Lipinski definition) is 0. The van der Waals surface area contributed by atoms with Gasteiger partial charge in [-0.3, -0.25) is 0 Å². The van der Waals surface area contributed by atoms with Gasteiger partial charge >= 0.3 is 0 Å². The molecular weight excluding hydrogens is 703 g/mol. The Balaban J connectivity index is 1.10. The molecule has 0 amide bonds. The van der Waals surface area contributed by atoms with Crippen LogP contribution >= 0.6 is 22.7 Å². The minimum atomic E-state index is 1.11. The molecule has 55 heavy (non-hydrogen) atoms. The van der Waals surface area contributed by atoms with E-state index in [0.717, 1.165) is 17.1 Å². The number of rotatable bonds is 6. The van der Waals surface area contributed by atoms with E-state index in [1.165, 1.54) is 84.5 Å². The third kappa shape index (κ3) is 5.35. The second-order valence-electron chi connectivity index (χ2n) is 14.0. The van der Waals surface area contributed by atoms with E-state index in [2.05, 4.69) is 205 Å². The molecule has 0 aliphatic rings. The summed E-state index contributed by atoms with van der Waals surface area (Å²) in [5.41, 5.74) is 10.7. The summed E-state index contributed by atoms with van der Waals surface area (Å²) in [6, 6.07) is 73.3. The van der Waals surface area contributed by atoms with Gasteiger partial charge in [0.05, 0.1) is 5.69 Å². The van der Waals surface area contributed by atoms with Crippen molar-refractivity contribution in [1.82, 2.24) is 0 Å². The Morgan fingerprint density at radius 3 is 1.69 bits per heavy atom. The van der Waals surface area contributed by atoms with E-state index in [1.807, 2.05) is 22.7 Å². The fourth-order valence-electron chi connectivity index (χ4n) is 8.34. The van der Waals surface area contributed by atoms with Crippen molar-refractivity contribution in [3.8, 4) is 33.4 Å². The quantitative estimate of drug-likeness (QED) is 0.164. The molecule has 0 N–H and O–H groups in total. The van der Waals surface area contributed by atoms with Crippen molar-refractivity contribution >= 4 is 90.9 Å². The van der Waals surface area contributed by atoms with Crippen LogP contribution in [0, 0.1) is 0 Å². The van der Waals surface area contributed by atoms with Crippen molar-refractivity contribution in [2.75, 3.05) is 4.90 Å². The lowest BCUT2D eigenvalue weighted by atomic mass is 9.93. The molecule has 2 heterocycles. The van der Waals surface area contributed by atoms with Crippen molar-refractivity contribution in [3.05, 3.63) is 200 Å². The second-order valence-corrected chi connectivity index (χ2v) is 16.2. The molecule has 1 nitrogen and oxygen atoms in total. The maximum absolute atomic E-state index is 2.43. The van der Waals surface area contributed by atoms with E-state index in [9.17, 15) is 0 Å². The van der Waals surface area contributed by atoms with Crippen LogP contribution in [0.25, 0.3) is 84.5 Å². The van der Waals surface area contributed by atoms with E-state index in [1.54, 1.807) is 0 Å². The lowest BCUT2D eigenvalue weighted by Crippen LogP contribution is -2.11. The van der Waals surface area contributed by atoms with Gasteiger partial charge in [0.15, 0.2) is 0 Å². The summed E-state index contributed by atoms with van der Waals surface area (Å²) < 4.78 is 5.29. The lowest BCUT2D eigenvalue weighted by Gasteiger charge is -2.28. The zero-order valence-corrected chi connectivity index (χ0v) is 31.4. The number of para-hydroxylation sites is 1. The van der Waals surface area contributed by atoms with Crippen LogP contribution in [0.5, 0.6) is 0 Å². The third-order valence-electron chi connectivity index (χ3n) is 10.9. The van der Waals surface area contributed by atoms with Gasteiger partial charge in [-0.15, -0.1) is 22.7 Å². The molecule has 258 valence electrons. The molecule has 0 fully saturated rings. The molecule has 0 atom stereocenters. The summed E-state index contributed by atoms with van der Waals surface area (Å²) in [6.45, 7) is 0. The average molecular weight is 736 g/mol. The molecule has 0 saturated carbocycles. The summed E-state index contributed by atoms with van der Waals surface area (Å²) in [6.07, 6.45) is 0. The molecule has 11 aromatic rings. The number of hydrogen-bond acceptors (Lipinski definition) is 3. The molecule has 0 saturated heterocycles. The number of nitrogens with zero attached hydrogens (tertiary/aromatic N) is 1. The summed E-state index contributed by atoms with van der Waals surface area (Å²) in [5.74, 6) is 0. The maximum Gasteiger partial charge on any atom is 0.0540 e. The Morgan fingerprint density at radius 1 is 0.309 bits per heavy atom. The van der Waals surface area contributed by atoms with E-state index in [0.29, 0.717) is 0 Å². The highest BCUT2D eigenvalue weighted by atomic mass is 32.1. The van der Waals surface area contributed by atoms with Crippen molar-refractivity contribution in [2.24, 2.45) is 0 Å². The first-order chi connectivity index (χ1) is 27.3. The van der Waals surface area contributed by atoms with Gasteiger partial charge in [-0.25, -0.2) is 0 Å². The molecule has 0 radical (unpaired) electrons. The van der Waals surface area contributed by atoms with Crippen LogP contribution in [0.1, 0.15) is 0 Å². The molecule has 0 spiro atoms. The average Bonchev–Trinajstić information content (AvgIpc) is 3.84. The largest absolute Gasteiger partial charge is 0.310 e. The first-order valence-corrected chi connectivity index (χ1v) is 20.3. The monoisotopic (exact) mass is 735 g/mol. The van der Waals surface area contributed by atoms with Gasteiger partial charge in [-0.05, 0) is 87.1 Å². The van der Waals surface area contributed by atoms with Gasteiger partial charge in [-0.2, -0.15) is 0 Å². The molecule has 3 heteroatoms. The molecule has 0 bridgehead atoms. The normalized spacial score (nSPS) is 11.6.